The van der Waals surface area contributed by atoms with Crippen molar-refractivity contribution in [1.82, 2.24) is 9.97 Å². The molecule has 0 saturated heterocycles. The van der Waals surface area contributed by atoms with Crippen LogP contribution in [0, 0.1) is 0 Å². The van der Waals surface area contributed by atoms with Crippen LogP contribution >= 0.6 is 0 Å². The van der Waals surface area contributed by atoms with E-state index in [1.165, 1.54) is 5.56 Å². The molecule has 0 bridgehead atoms. The van der Waals surface area contributed by atoms with E-state index in [1.807, 2.05) is 6.07 Å². The summed E-state index contributed by atoms with van der Waals surface area (Å²) in [6.07, 6.45) is 1.88. The van der Waals surface area contributed by atoms with E-state index in [4.69, 9.17) is 5.73 Å². The molecule has 3 heteroatoms. The van der Waals surface area contributed by atoms with E-state index in [2.05, 4.69) is 54.1 Å². The molecule has 94 valence electrons. The Morgan fingerprint density at radius 3 is 2.44 bits per heavy atom. The van der Waals surface area contributed by atoms with Gasteiger partial charge in [-0.1, -0.05) is 44.2 Å². The maximum atomic E-state index is 5.74. The zero-order chi connectivity index (χ0) is 13.0. The Labute approximate surface area is 108 Å². The molecule has 0 atom stereocenters. The number of rotatable bonds is 4. The van der Waals surface area contributed by atoms with Crippen molar-refractivity contribution in [1.29, 1.82) is 0 Å². The lowest BCUT2D eigenvalue weighted by molar-refractivity contribution is 0.799. The van der Waals surface area contributed by atoms with Crippen molar-refractivity contribution in [3.05, 3.63) is 53.3 Å². The summed E-state index contributed by atoms with van der Waals surface area (Å²) in [5, 5.41) is 0. The lowest BCUT2D eigenvalue weighted by atomic mass is 10.1. The summed E-state index contributed by atoms with van der Waals surface area (Å²) in [5.41, 5.74) is 9.11. The Balaban J connectivity index is 2.10. The van der Waals surface area contributed by atoms with Crippen LogP contribution in [0.25, 0.3) is 0 Å². The number of aromatic nitrogens is 2. The first-order chi connectivity index (χ1) is 8.65. The second-order valence-electron chi connectivity index (χ2n) is 4.78. The largest absolute Gasteiger partial charge is 0.368 e. The van der Waals surface area contributed by atoms with Gasteiger partial charge in [0.1, 0.15) is 0 Å². The number of hydrogen-bond acceptors (Lipinski definition) is 3. The Hall–Kier alpha value is -1.90. The van der Waals surface area contributed by atoms with Gasteiger partial charge in [-0.25, -0.2) is 9.97 Å². The third-order valence-electron chi connectivity index (χ3n) is 2.92. The molecule has 2 N–H and O–H groups in total. The van der Waals surface area contributed by atoms with Crippen molar-refractivity contribution in [3.63, 3.8) is 0 Å². The predicted octanol–water partition coefficient (Wildman–Crippen LogP) is 2.97. The van der Waals surface area contributed by atoms with Gasteiger partial charge in [-0.05, 0) is 30.4 Å². The fourth-order valence-corrected chi connectivity index (χ4v) is 1.88. The van der Waals surface area contributed by atoms with E-state index >= 15 is 0 Å². The van der Waals surface area contributed by atoms with Gasteiger partial charge in [-0.15, -0.1) is 0 Å². The van der Waals surface area contributed by atoms with Crippen molar-refractivity contribution in [2.24, 2.45) is 0 Å². The molecule has 0 fully saturated rings. The van der Waals surface area contributed by atoms with Gasteiger partial charge in [0.25, 0.3) is 0 Å². The van der Waals surface area contributed by atoms with E-state index in [9.17, 15) is 0 Å². The number of anilines is 1. The van der Waals surface area contributed by atoms with Crippen molar-refractivity contribution < 1.29 is 0 Å². The zero-order valence-corrected chi connectivity index (χ0v) is 10.9. The van der Waals surface area contributed by atoms with Crippen molar-refractivity contribution in [2.75, 3.05) is 5.73 Å². The molecule has 0 aliphatic heterocycles. The molecule has 0 spiro atoms. The van der Waals surface area contributed by atoms with E-state index < -0.39 is 0 Å². The third-order valence-corrected chi connectivity index (χ3v) is 2.92. The highest BCUT2D eigenvalue weighted by Gasteiger charge is 2.06. The van der Waals surface area contributed by atoms with Gasteiger partial charge in [0.05, 0.1) is 0 Å². The first-order valence-corrected chi connectivity index (χ1v) is 6.32. The fraction of sp³-hybridized carbons (Fsp3) is 0.333. The molecule has 0 radical (unpaired) electrons. The van der Waals surface area contributed by atoms with Crippen LogP contribution in [0.1, 0.15) is 36.7 Å². The quantitative estimate of drug-likeness (QED) is 0.895. The molecule has 0 aliphatic carbocycles. The minimum atomic E-state index is 0.379. The second kappa shape index (κ2) is 5.63. The topological polar surface area (TPSA) is 51.8 Å². The molecule has 0 saturated carbocycles. The van der Waals surface area contributed by atoms with Gasteiger partial charge in [-0.2, -0.15) is 0 Å². The molecule has 3 nitrogen and oxygen atoms in total. The number of nitrogen functional groups attached to an aromatic ring is 1. The van der Waals surface area contributed by atoms with Gasteiger partial charge in [0.15, 0.2) is 0 Å². The summed E-state index contributed by atoms with van der Waals surface area (Å²) < 4.78 is 0. The van der Waals surface area contributed by atoms with Crippen molar-refractivity contribution in [2.45, 2.75) is 32.6 Å². The smallest absolute Gasteiger partial charge is 0.220 e. The molecule has 0 unspecified atom stereocenters. The van der Waals surface area contributed by atoms with Gasteiger partial charge in [0, 0.05) is 11.4 Å². The predicted molar refractivity (Wildman–Crippen MR) is 74.4 cm³/mol. The highest BCUT2D eigenvalue weighted by Crippen LogP contribution is 2.15. The standard InChI is InChI=1S/C15H19N3/c1-11(2)14-10-13(17-15(16)18-14)9-8-12-6-4-3-5-7-12/h3-7,10-11H,8-9H2,1-2H3,(H2,16,17,18). The summed E-state index contributed by atoms with van der Waals surface area (Å²) in [5.74, 6) is 0.759. The summed E-state index contributed by atoms with van der Waals surface area (Å²) >= 11 is 0. The van der Waals surface area contributed by atoms with Gasteiger partial charge < -0.3 is 5.73 Å². The first-order valence-electron chi connectivity index (χ1n) is 6.32. The average molecular weight is 241 g/mol. The highest BCUT2D eigenvalue weighted by atomic mass is 15.0. The van der Waals surface area contributed by atoms with E-state index in [1.54, 1.807) is 0 Å². The fourth-order valence-electron chi connectivity index (χ4n) is 1.88. The summed E-state index contributed by atoms with van der Waals surface area (Å²) in [7, 11) is 0. The SMILES string of the molecule is CC(C)c1cc(CCc2ccccc2)nc(N)n1. The average Bonchev–Trinajstić information content (AvgIpc) is 2.37. The molecule has 0 amide bonds. The number of nitrogens with zero attached hydrogens (tertiary/aromatic N) is 2. The number of nitrogens with two attached hydrogens (primary N) is 1. The molecule has 18 heavy (non-hydrogen) atoms. The van der Waals surface area contributed by atoms with Crippen LogP contribution in [-0.2, 0) is 12.8 Å². The monoisotopic (exact) mass is 241 g/mol. The van der Waals surface area contributed by atoms with Crippen LogP contribution in [0.4, 0.5) is 5.95 Å². The molecule has 1 heterocycles. The maximum Gasteiger partial charge on any atom is 0.220 e. The second-order valence-corrected chi connectivity index (χ2v) is 4.78. The van der Waals surface area contributed by atoms with E-state index in [0.717, 1.165) is 24.2 Å². The molecular weight excluding hydrogens is 222 g/mol. The van der Waals surface area contributed by atoms with Crippen LogP contribution in [-0.4, -0.2) is 9.97 Å². The van der Waals surface area contributed by atoms with E-state index in [-0.39, 0.29) is 0 Å². The zero-order valence-electron chi connectivity index (χ0n) is 10.9. The normalized spacial score (nSPS) is 10.8. The van der Waals surface area contributed by atoms with Crippen molar-refractivity contribution >= 4 is 5.95 Å². The minimum Gasteiger partial charge on any atom is -0.368 e. The molecule has 2 aromatic rings. The Morgan fingerprint density at radius 1 is 1.06 bits per heavy atom. The lowest BCUT2D eigenvalue weighted by Gasteiger charge is -2.08. The number of benzene rings is 1. The highest BCUT2D eigenvalue weighted by molar-refractivity contribution is 5.25. The Kier molecular flexibility index (Phi) is 3.92. The molecule has 2 rings (SSSR count). The molecule has 1 aromatic heterocycles. The van der Waals surface area contributed by atoms with Gasteiger partial charge in [0.2, 0.25) is 5.95 Å². The van der Waals surface area contributed by atoms with E-state index in [0.29, 0.717) is 11.9 Å². The lowest BCUT2D eigenvalue weighted by Crippen LogP contribution is -2.05. The van der Waals surface area contributed by atoms with Crippen LogP contribution in [0.2, 0.25) is 0 Å². The number of hydrogen-bond donors (Lipinski definition) is 1. The third kappa shape index (κ3) is 3.29. The summed E-state index contributed by atoms with van der Waals surface area (Å²) in [6, 6.07) is 12.5. The van der Waals surface area contributed by atoms with Crippen LogP contribution in [0.15, 0.2) is 36.4 Å². The summed E-state index contributed by atoms with van der Waals surface area (Å²) in [4.78, 5) is 8.55. The number of aryl methyl sites for hydroxylation is 2. The Bertz CT molecular complexity index is 506. The van der Waals surface area contributed by atoms with Gasteiger partial charge >= 0.3 is 0 Å². The van der Waals surface area contributed by atoms with Crippen LogP contribution in [0.3, 0.4) is 0 Å². The molecular formula is C15H19N3. The summed E-state index contributed by atoms with van der Waals surface area (Å²) in [6.45, 7) is 4.23. The van der Waals surface area contributed by atoms with Crippen LogP contribution in [0.5, 0.6) is 0 Å². The molecule has 0 aliphatic rings. The van der Waals surface area contributed by atoms with Crippen molar-refractivity contribution in [3.8, 4) is 0 Å². The van der Waals surface area contributed by atoms with Crippen LogP contribution < -0.4 is 5.73 Å². The van der Waals surface area contributed by atoms with Gasteiger partial charge in [-0.3, -0.25) is 0 Å². The Morgan fingerprint density at radius 2 is 1.78 bits per heavy atom. The minimum absolute atomic E-state index is 0.379. The maximum absolute atomic E-state index is 5.74. The molecule has 1 aromatic carbocycles. The first kappa shape index (κ1) is 12.6.